The second kappa shape index (κ2) is 15.2. The van der Waals surface area contributed by atoms with Gasteiger partial charge in [0, 0.05) is 36.1 Å². The van der Waals surface area contributed by atoms with Gasteiger partial charge in [0.25, 0.3) is 5.91 Å². The molecule has 5 rings (SSSR count). The summed E-state index contributed by atoms with van der Waals surface area (Å²) >= 11 is 0. The van der Waals surface area contributed by atoms with Crippen molar-refractivity contribution in [2.24, 2.45) is 0 Å². The predicted molar refractivity (Wildman–Crippen MR) is 177 cm³/mol. The van der Waals surface area contributed by atoms with Crippen molar-refractivity contribution in [3.63, 3.8) is 0 Å². The molecule has 0 spiro atoms. The third-order valence-corrected chi connectivity index (χ3v) is 8.64. The smallest absolute Gasteiger partial charge is 0.416 e. The van der Waals surface area contributed by atoms with E-state index in [-0.39, 0.29) is 42.9 Å². The number of carbonyl (C=O) groups is 3. The number of halogens is 3. The predicted octanol–water partition coefficient (Wildman–Crippen LogP) is 8.01. The number of hydrogen-bond donors (Lipinski definition) is 1. The minimum Gasteiger partial charge on any atom is -0.463 e. The first-order valence-electron chi connectivity index (χ1n) is 15.9. The van der Waals surface area contributed by atoms with Gasteiger partial charge in [-0.2, -0.15) is 13.2 Å². The second-order valence-electron chi connectivity index (χ2n) is 11.7. The van der Waals surface area contributed by atoms with Crippen LogP contribution in [0.1, 0.15) is 76.7 Å². The number of carbonyl (C=O) groups excluding carboxylic acids is 3. The van der Waals surface area contributed by atoms with Crippen molar-refractivity contribution in [2.75, 3.05) is 13.2 Å². The molecule has 0 fully saturated rings. The maximum Gasteiger partial charge on any atom is 0.416 e. The molecule has 4 aromatic rings. The van der Waals surface area contributed by atoms with Gasteiger partial charge in [0.15, 0.2) is 0 Å². The number of amides is 2. The first-order chi connectivity index (χ1) is 23.1. The van der Waals surface area contributed by atoms with Crippen molar-refractivity contribution < 1.29 is 32.3 Å². The number of nitrogens with one attached hydrogen (secondary N) is 1. The topological polar surface area (TPSA) is 75.7 Å². The lowest BCUT2D eigenvalue weighted by Crippen LogP contribution is -2.38. The summed E-state index contributed by atoms with van der Waals surface area (Å²) in [6.07, 6.45) is -3.89. The lowest BCUT2D eigenvalue weighted by Gasteiger charge is -2.34. The zero-order chi connectivity index (χ0) is 34.3. The largest absolute Gasteiger partial charge is 0.463 e. The van der Waals surface area contributed by atoms with Crippen LogP contribution in [0.2, 0.25) is 0 Å². The van der Waals surface area contributed by atoms with E-state index in [4.69, 9.17) is 4.74 Å². The third-order valence-electron chi connectivity index (χ3n) is 8.64. The first kappa shape index (κ1) is 34.2. The maximum absolute atomic E-state index is 13.4. The van der Waals surface area contributed by atoms with Crippen LogP contribution < -0.4 is 5.32 Å². The normalized spacial score (nSPS) is 15.1. The van der Waals surface area contributed by atoms with E-state index in [9.17, 15) is 27.6 Å². The molecular weight excluding hydrogens is 617 g/mol. The highest BCUT2D eigenvalue weighted by Gasteiger charge is 2.37. The average molecular weight is 655 g/mol. The Morgan fingerprint density at radius 3 is 2.00 bits per heavy atom. The third kappa shape index (κ3) is 8.02. The summed E-state index contributed by atoms with van der Waals surface area (Å²) in [4.78, 5) is 41.0. The van der Waals surface area contributed by atoms with Crippen LogP contribution in [0.3, 0.4) is 0 Å². The number of benzene rings is 4. The number of allylic oxidation sites excluding steroid dienone is 1. The van der Waals surface area contributed by atoms with E-state index in [1.54, 1.807) is 38.1 Å². The number of ether oxygens (including phenoxy) is 1. The number of hydrogen-bond acceptors (Lipinski definition) is 4. The zero-order valence-electron chi connectivity index (χ0n) is 26.8. The van der Waals surface area contributed by atoms with Crippen molar-refractivity contribution in [2.45, 2.75) is 51.2 Å². The molecule has 0 unspecified atom stereocenters. The minimum atomic E-state index is -4.50. The Balaban J connectivity index is 1.27. The Labute approximate surface area is 278 Å². The SMILES string of the molecule is CCOC(=O)C1=C(C)N(Cc2ccc(C(=O)NCCC(c3ccccc3)c3ccccc3)cc2)C(=O)C[C@H]1c1ccc(C(F)(F)F)cc1. The number of alkyl halides is 3. The van der Waals surface area contributed by atoms with Crippen LogP contribution in [0.25, 0.3) is 0 Å². The van der Waals surface area contributed by atoms with Crippen LogP contribution in [0, 0.1) is 0 Å². The lowest BCUT2D eigenvalue weighted by molar-refractivity contribution is -0.140. The highest BCUT2D eigenvalue weighted by atomic mass is 19.4. The van der Waals surface area contributed by atoms with Gasteiger partial charge in [-0.25, -0.2) is 4.79 Å². The molecule has 0 saturated heterocycles. The Morgan fingerprint density at radius 1 is 0.875 bits per heavy atom. The van der Waals surface area contributed by atoms with Crippen LogP contribution >= 0.6 is 0 Å². The van der Waals surface area contributed by atoms with Gasteiger partial charge in [-0.3, -0.25) is 9.59 Å². The van der Waals surface area contributed by atoms with Gasteiger partial charge in [0.1, 0.15) is 0 Å². The van der Waals surface area contributed by atoms with Crippen LogP contribution in [0.4, 0.5) is 13.2 Å². The lowest BCUT2D eigenvalue weighted by atomic mass is 9.83. The molecule has 1 aliphatic rings. The summed E-state index contributed by atoms with van der Waals surface area (Å²) in [5.74, 6) is -1.73. The standard InChI is InChI=1S/C39H37F3N2O4/c1-3-48-38(47)36-26(2)44(35(45)24-34(36)30-18-20-32(21-19-30)39(40,41)42)25-27-14-16-31(17-15-27)37(46)43-23-22-33(28-10-6-4-7-11-28)29-12-8-5-9-13-29/h4-21,33-34H,3,22-25H2,1-2H3,(H,43,46)/t34-/m0/s1. The van der Waals surface area contributed by atoms with E-state index in [2.05, 4.69) is 29.6 Å². The highest BCUT2D eigenvalue weighted by Crippen LogP contribution is 2.39. The van der Waals surface area contributed by atoms with Crippen molar-refractivity contribution in [1.29, 1.82) is 0 Å². The molecule has 0 saturated carbocycles. The first-order valence-corrected chi connectivity index (χ1v) is 15.9. The minimum absolute atomic E-state index is 0.103. The average Bonchev–Trinajstić information content (AvgIpc) is 3.09. The van der Waals surface area contributed by atoms with Crippen LogP contribution in [0.15, 0.2) is 120 Å². The Kier molecular flexibility index (Phi) is 10.8. The number of rotatable bonds is 11. The molecule has 1 atom stereocenters. The van der Waals surface area contributed by atoms with Gasteiger partial charge < -0.3 is 15.0 Å². The Bertz CT molecular complexity index is 1710. The van der Waals surface area contributed by atoms with E-state index in [1.165, 1.54) is 28.2 Å². The van der Waals surface area contributed by atoms with Gasteiger partial charge >= 0.3 is 12.1 Å². The second-order valence-corrected chi connectivity index (χ2v) is 11.7. The van der Waals surface area contributed by atoms with E-state index >= 15 is 0 Å². The molecule has 1 N–H and O–H groups in total. The Morgan fingerprint density at radius 2 is 1.46 bits per heavy atom. The van der Waals surface area contributed by atoms with Gasteiger partial charge in [-0.05, 0) is 66.8 Å². The maximum atomic E-state index is 13.4. The quantitative estimate of drug-likeness (QED) is 0.166. The van der Waals surface area contributed by atoms with Crippen molar-refractivity contribution in [1.82, 2.24) is 10.2 Å². The van der Waals surface area contributed by atoms with Crippen molar-refractivity contribution in [3.8, 4) is 0 Å². The van der Waals surface area contributed by atoms with E-state index in [0.29, 0.717) is 23.4 Å². The van der Waals surface area contributed by atoms with Crippen LogP contribution in [0.5, 0.6) is 0 Å². The highest BCUT2D eigenvalue weighted by molar-refractivity contribution is 5.96. The molecule has 0 bridgehead atoms. The molecule has 6 nitrogen and oxygen atoms in total. The molecule has 9 heteroatoms. The summed E-state index contributed by atoms with van der Waals surface area (Å²) in [6, 6.07) is 31.8. The van der Waals surface area contributed by atoms with Gasteiger partial charge in [0.05, 0.1) is 24.3 Å². The molecule has 48 heavy (non-hydrogen) atoms. The van der Waals surface area contributed by atoms with Gasteiger partial charge in [0.2, 0.25) is 5.91 Å². The fraction of sp³-hybridized carbons (Fsp3) is 0.256. The summed E-state index contributed by atoms with van der Waals surface area (Å²) in [7, 11) is 0. The molecule has 0 aromatic heterocycles. The summed E-state index contributed by atoms with van der Waals surface area (Å²) < 4.78 is 44.8. The van der Waals surface area contributed by atoms with Crippen molar-refractivity contribution in [3.05, 3.63) is 154 Å². The fourth-order valence-corrected chi connectivity index (χ4v) is 6.14. The number of nitrogens with zero attached hydrogens (tertiary/aromatic N) is 1. The van der Waals surface area contributed by atoms with Gasteiger partial charge in [-0.1, -0.05) is 84.9 Å². The van der Waals surface area contributed by atoms with E-state index in [1.807, 2.05) is 36.4 Å². The zero-order valence-corrected chi connectivity index (χ0v) is 26.8. The van der Waals surface area contributed by atoms with Crippen LogP contribution in [-0.2, 0) is 27.0 Å². The van der Waals surface area contributed by atoms with Gasteiger partial charge in [-0.15, -0.1) is 0 Å². The molecule has 0 radical (unpaired) electrons. The fourth-order valence-electron chi connectivity index (χ4n) is 6.14. The molecule has 1 aliphatic heterocycles. The van der Waals surface area contributed by atoms with Crippen molar-refractivity contribution >= 4 is 17.8 Å². The Hall–Kier alpha value is -5.18. The van der Waals surface area contributed by atoms with Crippen LogP contribution in [-0.4, -0.2) is 35.8 Å². The molecule has 0 aliphatic carbocycles. The molecule has 4 aromatic carbocycles. The summed E-state index contributed by atoms with van der Waals surface area (Å²) in [5, 5.41) is 3.02. The van der Waals surface area contributed by atoms with E-state index < -0.39 is 23.6 Å². The summed E-state index contributed by atoms with van der Waals surface area (Å²) in [5.41, 5.74) is 3.79. The molecule has 1 heterocycles. The number of esters is 1. The molecule has 248 valence electrons. The van der Waals surface area contributed by atoms with E-state index in [0.717, 1.165) is 24.1 Å². The molecular formula is C39H37F3N2O4. The summed E-state index contributed by atoms with van der Waals surface area (Å²) in [6.45, 7) is 4.02. The molecule has 2 amide bonds. The monoisotopic (exact) mass is 654 g/mol.